The van der Waals surface area contributed by atoms with Gasteiger partial charge in [0.1, 0.15) is 18.2 Å². The Kier molecular flexibility index (Phi) is 6.17. The van der Waals surface area contributed by atoms with Gasteiger partial charge in [-0.05, 0) is 36.4 Å². The quantitative estimate of drug-likeness (QED) is 0.787. The van der Waals surface area contributed by atoms with Crippen LogP contribution in [0, 0.1) is 11.6 Å². The monoisotopic (exact) mass is 341 g/mol. The Morgan fingerprint density at radius 3 is 2.52 bits per heavy atom. The predicted octanol–water partition coefficient (Wildman–Crippen LogP) is 3.19. The van der Waals surface area contributed by atoms with Crippen LogP contribution >= 0.6 is 11.6 Å². The van der Waals surface area contributed by atoms with Gasteiger partial charge in [-0.15, -0.1) is 0 Å². The normalized spacial score (nSPS) is 10.2. The summed E-state index contributed by atoms with van der Waals surface area (Å²) >= 11 is 5.73. The molecule has 4 nitrogen and oxygen atoms in total. The van der Waals surface area contributed by atoms with E-state index in [2.05, 4.69) is 5.32 Å². The lowest BCUT2D eigenvalue weighted by atomic mass is 10.3. The van der Waals surface area contributed by atoms with Gasteiger partial charge in [0, 0.05) is 11.1 Å². The van der Waals surface area contributed by atoms with E-state index in [0.29, 0.717) is 10.8 Å². The van der Waals surface area contributed by atoms with E-state index in [1.165, 1.54) is 6.07 Å². The van der Waals surface area contributed by atoms with Crippen molar-refractivity contribution in [2.24, 2.45) is 0 Å². The maximum atomic E-state index is 13.3. The fourth-order valence-corrected chi connectivity index (χ4v) is 1.80. The van der Waals surface area contributed by atoms with Gasteiger partial charge in [0.15, 0.2) is 18.2 Å². The van der Waals surface area contributed by atoms with Crippen LogP contribution in [0.25, 0.3) is 0 Å². The van der Waals surface area contributed by atoms with E-state index in [1.54, 1.807) is 24.3 Å². The van der Waals surface area contributed by atoms with Gasteiger partial charge < -0.3 is 14.8 Å². The average molecular weight is 342 g/mol. The van der Waals surface area contributed by atoms with Crippen LogP contribution in [0.3, 0.4) is 0 Å². The van der Waals surface area contributed by atoms with Crippen molar-refractivity contribution in [3.63, 3.8) is 0 Å². The van der Waals surface area contributed by atoms with Crippen molar-refractivity contribution in [1.82, 2.24) is 5.32 Å². The van der Waals surface area contributed by atoms with E-state index in [-0.39, 0.29) is 31.4 Å². The SMILES string of the molecule is O=C(COc1ccc(Cl)cc1)NCCOc1ccc(F)cc1F. The maximum absolute atomic E-state index is 13.3. The molecular weight excluding hydrogens is 328 g/mol. The van der Waals surface area contributed by atoms with E-state index in [9.17, 15) is 13.6 Å². The lowest BCUT2D eigenvalue weighted by Gasteiger charge is -2.09. The molecule has 1 amide bonds. The third kappa shape index (κ3) is 5.75. The number of nitrogens with one attached hydrogen (secondary N) is 1. The summed E-state index contributed by atoms with van der Waals surface area (Å²) in [4.78, 5) is 11.6. The highest BCUT2D eigenvalue weighted by Gasteiger charge is 2.06. The molecule has 2 aromatic carbocycles. The van der Waals surface area contributed by atoms with Gasteiger partial charge in [-0.2, -0.15) is 0 Å². The number of hydrogen-bond acceptors (Lipinski definition) is 3. The van der Waals surface area contributed by atoms with Gasteiger partial charge in [-0.3, -0.25) is 4.79 Å². The molecule has 2 aromatic rings. The van der Waals surface area contributed by atoms with Gasteiger partial charge in [-0.1, -0.05) is 11.6 Å². The summed E-state index contributed by atoms with van der Waals surface area (Å²) in [7, 11) is 0. The molecule has 2 rings (SSSR count). The number of halogens is 3. The zero-order valence-corrected chi connectivity index (χ0v) is 12.8. The summed E-state index contributed by atoms with van der Waals surface area (Å²) in [6.45, 7) is 0.0570. The molecule has 1 N–H and O–H groups in total. The smallest absolute Gasteiger partial charge is 0.258 e. The molecule has 0 atom stereocenters. The van der Waals surface area contributed by atoms with E-state index < -0.39 is 11.6 Å². The second kappa shape index (κ2) is 8.33. The number of rotatable bonds is 7. The summed E-state index contributed by atoms with van der Waals surface area (Å²) in [5.41, 5.74) is 0. The van der Waals surface area contributed by atoms with E-state index in [1.807, 2.05) is 0 Å². The zero-order chi connectivity index (χ0) is 16.7. The molecule has 0 unspecified atom stereocenters. The first-order chi connectivity index (χ1) is 11.0. The topological polar surface area (TPSA) is 47.6 Å². The van der Waals surface area contributed by atoms with Crippen molar-refractivity contribution in [1.29, 1.82) is 0 Å². The van der Waals surface area contributed by atoms with E-state index >= 15 is 0 Å². The number of hydrogen-bond donors (Lipinski definition) is 1. The van der Waals surface area contributed by atoms with Crippen molar-refractivity contribution < 1.29 is 23.0 Å². The Balaban J connectivity index is 1.65. The number of benzene rings is 2. The molecule has 0 bridgehead atoms. The zero-order valence-electron chi connectivity index (χ0n) is 12.0. The lowest BCUT2D eigenvalue weighted by molar-refractivity contribution is -0.123. The minimum Gasteiger partial charge on any atom is -0.489 e. The first kappa shape index (κ1) is 17.0. The first-order valence-electron chi connectivity index (χ1n) is 6.77. The highest BCUT2D eigenvalue weighted by Crippen LogP contribution is 2.17. The molecule has 7 heteroatoms. The van der Waals surface area contributed by atoms with Gasteiger partial charge in [0.2, 0.25) is 0 Å². The van der Waals surface area contributed by atoms with Crippen molar-refractivity contribution in [2.75, 3.05) is 19.8 Å². The first-order valence-corrected chi connectivity index (χ1v) is 7.15. The van der Waals surface area contributed by atoms with Crippen LogP contribution in [-0.2, 0) is 4.79 Å². The second-order valence-electron chi connectivity index (χ2n) is 4.52. The highest BCUT2D eigenvalue weighted by atomic mass is 35.5. The van der Waals surface area contributed by atoms with Crippen LogP contribution in [0.5, 0.6) is 11.5 Å². The Morgan fingerprint density at radius 1 is 1.09 bits per heavy atom. The molecule has 23 heavy (non-hydrogen) atoms. The van der Waals surface area contributed by atoms with Crippen LogP contribution < -0.4 is 14.8 Å². The van der Waals surface area contributed by atoms with Crippen molar-refractivity contribution in [2.45, 2.75) is 0 Å². The maximum Gasteiger partial charge on any atom is 0.258 e. The molecule has 0 fully saturated rings. The van der Waals surface area contributed by atoms with Crippen LogP contribution in [0.2, 0.25) is 5.02 Å². The Labute approximate surface area is 137 Å². The van der Waals surface area contributed by atoms with Crippen molar-refractivity contribution in [3.05, 3.63) is 59.1 Å². The van der Waals surface area contributed by atoms with Crippen LogP contribution in [0.4, 0.5) is 8.78 Å². The second-order valence-corrected chi connectivity index (χ2v) is 4.95. The Morgan fingerprint density at radius 2 is 1.83 bits per heavy atom. The Hall–Kier alpha value is -2.34. The third-order valence-corrected chi connectivity index (χ3v) is 3.01. The lowest BCUT2D eigenvalue weighted by Crippen LogP contribution is -2.32. The number of amides is 1. The van der Waals surface area contributed by atoms with Crippen LogP contribution in [-0.4, -0.2) is 25.7 Å². The summed E-state index contributed by atoms with van der Waals surface area (Å²) < 4.78 is 36.4. The van der Waals surface area contributed by atoms with Crippen LogP contribution in [0.15, 0.2) is 42.5 Å². The molecule has 0 radical (unpaired) electrons. The van der Waals surface area contributed by atoms with E-state index in [0.717, 1.165) is 12.1 Å². The molecule has 122 valence electrons. The van der Waals surface area contributed by atoms with E-state index in [4.69, 9.17) is 21.1 Å². The van der Waals surface area contributed by atoms with Gasteiger partial charge in [-0.25, -0.2) is 8.78 Å². The molecule has 0 spiro atoms. The molecule has 0 saturated carbocycles. The number of carbonyl (C=O) groups is 1. The summed E-state index contributed by atoms with van der Waals surface area (Å²) in [6.07, 6.45) is 0. The minimum atomic E-state index is -0.789. The molecular formula is C16H14ClF2NO3. The largest absolute Gasteiger partial charge is 0.489 e. The Bertz CT molecular complexity index is 665. The molecule has 0 saturated heterocycles. The fourth-order valence-electron chi connectivity index (χ4n) is 1.67. The summed E-state index contributed by atoms with van der Waals surface area (Å²) in [5, 5.41) is 3.13. The van der Waals surface area contributed by atoms with Crippen LogP contribution in [0.1, 0.15) is 0 Å². The van der Waals surface area contributed by atoms with Gasteiger partial charge >= 0.3 is 0 Å². The molecule has 0 aliphatic carbocycles. The summed E-state index contributed by atoms with van der Waals surface area (Å²) in [6, 6.07) is 9.62. The summed E-state index contributed by atoms with van der Waals surface area (Å²) in [5.74, 6) is -1.36. The minimum absolute atomic E-state index is 0.0508. The number of carbonyl (C=O) groups excluding carboxylic acids is 1. The van der Waals surface area contributed by atoms with Crippen molar-refractivity contribution in [3.8, 4) is 11.5 Å². The van der Waals surface area contributed by atoms with Crippen molar-refractivity contribution >= 4 is 17.5 Å². The molecule has 0 aliphatic rings. The van der Waals surface area contributed by atoms with Gasteiger partial charge in [0.25, 0.3) is 5.91 Å². The standard InChI is InChI=1S/C16H14ClF2NO3/c17-11-1-4-13(5-2-11)23-10-16(21)20-7-8-22-15-6-3-12(18)9-14(15)19/h1-6,9H,7-8,10H2,(H,20,21). The highest BCUT2D eigenvalue weighted by molar-refractivity contribution is 6.30. The third-order valence-electron chi connectivity index (χ3n) is 2.76. The fraction of sp³-hybridized carbons (Fsp3) is 0.188. The molecule has 0 aliphatic heterocycles. The molecule has 0 heterocycles. The number of ether oxygens (including phenoxy) is 2. The molecule has 0 aromatic heterocycles. The predicted molar refractivity (Wildman–Crippen MR) is 81.8 cm³/mol. The van der Waals surface area contributed by atoms with Gasteiger partial charge in [0.05, 0.1) is 6.54 Å². The average Bonchev–Trinajstić information content (AvgIpc) is 2.52.